The number of hydrogen-bond donors (Lipinski definition) is 2. The Labute approximate surface area is 161 Å². The Hall–Kier alpha value is -1.64. The maximum atomic E-state index is 11.9. The van der Waals surface area contributed by atoms with Gasteiger partial charge in [-0.25, -0.2) is 8.42 Å². The Morgan fingerprint density at radius 3 is 2.19 bits per heavy atom. The van der Waals surface area contributed by atoms with Gasteiger partial charge >= 0.3 is 5.97 Å². The topological polar surface area (TPSA) is 116 Å². The van der Waals surface area contributed by atoms with Crippen LogP contribution in [0.25, 0.3) is 0 Å². The minimum atomic E-state index is -3.57. The molecular formula is C17H27ClN2O5S. The number of benzene rings is 1. The molecule has 0 radical (unpaired) electrons. The molecule has 0 bridgehead atoms. The van der Waals surface area contributed by atoms with Crippen LogP contribution in [0.1, 0.15) is 31.4 Å². The minimum absolute atomic E-state index is 0. The molecule has 0 saturated heterocycles. The molecule has 1 amide bonds. The zero-order valence-electron chi connectivity index (χ0n) is 15.2. The molecule has 0 aliphatic rings. The van der Waals surface area contributed by atoms with Crippen molar-refractivity contribution in [1.82, 2.24) is 5.32 Å². The predicted molar refractivity (Wildman–Crippen MR) is 102 cm³/mol. The summed E-state index contributed by atoms with van der Waals surface area (Å²) in [5.74, 6) is -1.54. The summed E-state index contributed by atoms with van der Waals surface area (Å²) in [6.45, 7) is 4.32. The van der Waals surface area contributed by atoms with Gasteiger partial charge in [0.05, 0.1) is 18.9 Å². The quantitative estimate of drug-likeness (QED) is 0.595. The van der Waals surface area contributed by atoms with E-state index < -0.39 is 27.6 Å². The third-order valence-corrected chi connectivity index (χ3v) is 4.95. The minimum Gasteiger partial charge on any atom is -0.468 e. The number of amides is 1. The van der Waals surface area contributed by atoms with Gasteiger partial charge in [0.1, 0.15) is 5.75 Å². The van der Waals surface area contributed by atoms with Crippen LogP contribution in [0.3, 0.4) is 0 Å². The maximum absolute atomic E-state index is 11.9. The third kappa shape index (κ3) is 9.17. The first kappa shape index (κ1) is 24.4. The lowest BCUT2D eigenvalue weighted by Gasteiger charge is -2.14. The fourth-order valence-corrected chi connectivity index (χ4v) is 3.51. The van der Waals surface area contributed by atoms with Gasteiger partial charge < -0.3 is 15.8 Å². The summed E-state index contributed by atoms with van der Waals surface area (Å²) in [7, 11) is -2.42. The number of hydrogen-bond acceptors (Lipinski definition) is 6. The number of esters is 1. The number of carbonyl (C=O) groups is 2. The summed E-state index contributed by atoms with van der Waals surface area (Å²) >= 11 is 0. The van der Waals surface area contributed by atoms with Crippen molar-refractivity contribution in [2.75, 3.05) is 12.9 Å². The van der Waals surface area contributed by atoms with Crippen molar-refractivity contribution >= 4 is 34.1 Å². The fraction of sp³-hybridized carbons (Fsp3) is 0.529. The molecule has 0 spiro atoms. The van der Waals surface area contributed by atoms with Crippen molar-refractivity contribution in [3.8, 4) is 0 Å². The van der Waals surface area contributed by atoms with E-state index in [-0.39, 0.29) is 24.1 Å². The molecule has 1 aromatic carbocycles. The van der Waals surface area contributed by atoms with E-state index in [4.69, 9.17) is 5.73 Å². The molecule has 148 valence electrons. The molecule has 0 aliphatic heterocycles. The smallest absolute Gasteiger partial charge is 0.320 e. The molecule has 1 atom stereocenters. The summed E-state index contributed by atoms with van der Waals surface area (Å²) in [5, 5.41) is 2.76. The Balaban J connectivity index is 0.00000625. The van der Waals surface area contributed by atoms with Crippen molar-refractivity contribution in [3.63, 3.8) is 0 Å². The summed E-state index contributed by atoms with van der Waals surface area (Å²) in [5.41, 5.74) is 7.21. The lowest BCUT2D eigenvalue weighted by Crippen LogP contribution is -2.41. The molecule has 9 heteroatoms. The van der Waals surface area contributed by atoms with Crippen LogP contribution in [0.2, 0.25) is 0 Å². The molecule has 3 N–H and O–H groups in total. The molecular weight excluding hydrogens is 380 g/mol. The number of nitrogens with one attached hydrogen (secondary N) is 1. The number of ether oxygens (including phenoxy) is 1. The van der Waals surface area contributed by atoms with Crippen LogP contribution in [-0.4, -0.2) is 39.2 Å². The SMILES string of the molecule is COC(=O)CS(=O)(=O)Cc1ccc(CNC(=O)[C@@H](N)CC(C)C)cc1.Cl. The van der Waals surface area contributed by atoms with E-state index in [1.54, 1.807) is 24.3 Å². The maximum Gasteiger partial charge on any atom is 0.320 e. The molecule has 0 aromatic heterocycles. The molecule has 1 rings (SSSR count). The fourth-order valence-electron chi connectivity index (χ4n) is 2.23. The van der Waals surface area contributed by atoms with Gasteiger partial charge in [-0.15, -0.1) is 12.4 Å². The second kappa shape index (κ2) is 11.2. The molecule has 0 unspecified atom stereocenters. The number of nitrogens with two attached hydrogens (primary N) is 1. The summed E-state index contributed by atoms with van der Waals surface area (Å²) < 4.78 is 28.1. The van der Waals surface area contributed by atoms with Crippen molar-refractivity contribution in [2.45, 2.75) is 38.6 Å². The zero-order valence-corrected chi connectivity index (χ0v) is 16.9. The molecule has 0 fully saturated rings. The van der Waals surface area contributed by atoms with Gasteiger partial charge in [-0.05, 0) is 23.5 Å². The predicted octanol–water partition coefficient (Wildman–Crippen LogP) is 1.19. The Morgan fingerprint density at radius 1 is 1.15 bits per heavy atom. The first-order valence-corrected chi connectivity index (χ1v) is 9.83. The normalized spacial score (nSPS) is 12.2. The van der Waals surface area contributed by atoms with Crippen molar-refractivity contribution in [1.29, 1.82) is 0 Å². The van der Waals surface area contributed by atoms with Crippen LogP contribution in [0.15, 0.2) is 24.3 Å². The molecule has 0 saturated carbocycles. The van der Waals surface area contributed by atoms with E-state index in [1.807, 2.05) is 13.8 Å². The molecule has 26 heavy (non-hydrogen) atoms. The van der Waals surface area contributed by atoms with Crippen LogP contribution < -0.4 is 11.1 Å². The van der Waals surface area contributed by atoms with Crippen LogP contribution in [0, 0.1) is 5.92 Å². The number of halogens is 1. The third-order valence-electron chi connectivity index (χ3n) is 3.50. The highest BCUT2D eigenvalue weighted by molar-refractivity contribution is 7.91. The highest BCUT2D eigenvalue weighted by atomic mass is 35.5. The van der Waals surface area contributed by atoms with E-state index >= 15 is 0 Å². The second-order valence-corrected chi connectivity index (χ2v) is 8.44. The average Bonchev–Trinajstić information content (AvgIpc) is 2.52. The van der Waals surface area contributed by atoms with Gasteiger partial charge in [0.2, 0.25) is 5.91 Å². The van der Waals surface area contributed by atoms with Gasteiger partial charge in [-0.2, -0.15) is 0 Å². The van der Waals surface area contributed by atoms with Gasteiger partial charge in [-0.1, -0.05) is 38.1 Å². The van der Waals surface area contributed by atoms with E-state index in [0.717, 1.165) is 12.7 Å². The van der Waals surface area contributed by atoms with Gasteiger partial charge in [-0.3, -0.25) is 9.59 Å². The largest absolute Gasteiger partial charge is 0.468 e. The van der Waals surface area contributed by atoms with E-state index in [0.29, 0.717) is 24.4 Å². The number of carbonyl (C=O) groups excluding carboxylic acids is 2. The summed E-state index contributed by atoms with van der Waals surface area (Å²) in [6.07, 6.45) is 0.614. The molecule has 7 nitrogen and oxygen atoms in total. The van der Waals surface area contributed by atoms with Crippen LogP contribution in [0.5, 0.6) is 0 Å². The first-order chi connectivity index (χ1) is 11.6. The van der Waals surface area contributed by atoms with E-state index in [9.17, 15) is 18.0 Å². The number of methoxy groups -OCH3 is 1. The Kier molecular flexibility index (Phi) is 10.4. The lowest BCUT2D eigenvalue weighted by atomic mass is 10.0. The average molecular weight is 407 g/mol. The second-order valence-electron chi connectivity index (χ2n) is 6.38. The monoisotopic (exact) mass is 406 g/mol. The summed E-state index contributed by atoms with van der Waals surface area (Å²) in [6, 6.07) is 6.24. The Bertz CT molecular complexity index is 690. The highest BCUT2D eigenvalue weighted by Gasteiger charge is 2.18. The number of sulfone groups is 1. The Morgan fingerprint density at radius 2 is 1.69 bits per heavy atom. The van der Waals surface area contributed by atoms with Crippen molar-refractivity contribution in [3.05, 3.63) is 35.4 Å². The van der Waals surface area contributed by atoms with Gasteiger partial charge in [0.15, 0.2) is 9.84 Å². The van der Waals surface area contributed by atoms with Gasteiger partial charge in [0.25, 0.3) is 0 Å². The van der Waals surface area contributed by atoms with Crippen molar-refractivity contribution in [2.24, 2.45) is 11.7 Å². The molecule has 0 aliphatic carbocycles. The standard InChI is InChI=1S/C17H26N2O5S.ClH/c1-12(2)8-15(18)17(21)19-9-13-4-6-14(7-5-13)10-25(22,23)11-16(20)24-3;/h4-7,12,15H,8-11,18H2,1-3H3,(H,19,21);1H/t15-;/m0./s1. The molecule has 0 heterocycles. The highest BCUT2D eigenvalue weighted by Crippen LogP contribution is 2.10. The lowest BCUT2D eigenvalue weighted by molar-refractivity contribution is -0.137. The van der Waals surface area contributed by atoms with Crippen LogP contribution >= 0.6 is 12.4 Å². The van der Waals surface area contributed by atoms with E-state index in [1.165, 1.54) is 0 Å². The van der Waals surface area contributed by atoms with Crippen molar-refractivity contribution < 1.29 is 22.7 Å². The molecule has 1 aromatic rings. The zero-order chi connectivity index (χ0) is 19.0. The van der Waals surface area contributed by atoms with E-state index in [2.05, 4.69) is 10.1 Å². The summed E-state index contributed by atoms with van der Waals surface area (Å²) in [4.78, 5) is 23.0. The van der Waals surface area contributed by atoms with Gasteiger partial charge in [0, 0.05) is 6.54 Å². The van der Waals surface area contributed by atoms with Crippen LogP contribution in [0.4, 0.5) is 0 Å². The first-order valence-electron chi connectivity index (χ1n) is 8.01. The van der Waals surface area contributed by atoms with Crippen LogP contribution in [-0.2, 0) is 36.5 Å². The number of rotatable bonds is 9.